The molecule has 1 aromatic carbocycles. The lowest BCUT2D eigenvalue weighted by Gasteiger charge is -2.40. The van der Waals surface area contributed by atoms with Crippen LogP contribution >= 0.6 is 0 Å². The molecule has 0 aromatic heterocycles. The van der Waals surface area contributed by atoms with Crippen molar-refractivity contribution in [1.29, 1.82) is 0 Å². The van der Waals surface area contributed by atoms with Crippen molar-refractivity contribution in [3.8, 4) is 11.5 Å². The quantitative estimate of drug-likeness (QED) is 0.774. The molecule has 28 heavy (non-hydrogen) atoms. The first-order valence-electron chi connectivity index (χ1n) is 9.19. The molecule has 1 aliphatic carbocycles. The van der Waals surface area contributed by atoms with Crippen LogP contribution in [0.25, 0.3) is 0 Å². The van der Waals surface area contributed by atoms with E-state index in [0.29, 0.717) is 41.4 Å². The molecule has 5 rings (SSSR count). The van der Waals surface area contributed by atoms with Gasteiger partial charge in [0, 0.05) is 17.9 Å². The molecule has 8 heteroatoms. The highest BCUT2D eigenvalue weighted by molar-refractivity contribution is 6.20. The number of Topliss-reactive ketones (excluding diaryl/α,β-unsaturated/α-hetero) is 1. The molecule has 1 saturated heterocycles. The molecule has 0 radical (unpaired) electrons. The summed E-state index contributed by atoms with van der Waals surface area (Å²) in [6.07, 6.45) is 0.987. The minimum atomic E-state index is -0.776. The SMILES string of the molecule is CC1(C)CC(=O)C2=C(C1)N=C1NC(=O)NC(=O)C1C2c1ccc2c(c1)OCO2. The summed E-state index contributed by atoms with van der Waals surface area (Å²) in [5.41, 5.74) is 1.73. The van der Waals surface area contributed by atoms with Crippen LogP contribution in [0.15, 0.2) is 34.5 Å². The Labute approximate surface area is 161 Å². The van der Waals surface area contributed by atoms with E-state index >= 15 is 0 Å². The van der Waals surface area contributed by atoms with E-state index in [1.807, 2.05) is 19.9 Å². The van der Waals surface area contributed by atoms with Gasteiger partial charge in [-0.15, -0.1) is 0 Å². The maximum Gasteiger partial charge on any atom is 0.326 e. The van der Waals surface area contributed by atoms with Gasteiger partial charge in [0.05, 0.1) is 5.70 Å². The first-order chi connectivity index (χ1) is 13.3. The van der Waals surface area contributed by atoms with Crippen molar-refractivity contribution in [1.82, 2.24) is 10.6 Å². The number of rotatable bonds is 1. The van der Waals surface area contributed by atoms with Gasteiger partial charge in [-0.3, -0.25) is 20.2 Å². The van der Waals surface area contributed by atoms with E-state index in [4.69, 9.17) is 9.47 Å². The topological polar surface area (TPSA) is 106 Å². The van der Waals surface area contributed by atoms with Crippen molar-refractivity contribution in [2.45, 2.75) is 32.6 Å². The number of hydrogen-bond donors (Lipinski definition) is 2. The van der Waals surface area contributed by atoms with Crippen molar-refractivity contribution in [3.63, 3.8) is 0 Å². The Kier molecular flexibility index (Phi) is 3.44. The first kappa shape index (κ1) is 17.0. The number of amidine groups is 1. The zero-order valence-electron chi connectivity index (χ0n) is 15.5. The van der Waals surface area contributed by atoms with Gasteiger partial charge in [-0.25, -0.2) is 9.79 Å². The van der Waals surface area contributed by atoms with Gasteiger partial charge in [0.15, 0.2) is 17.3 Å². The van der Waals surface area contributed by atoms with Gasteiger partial charge in [0.2, 0.25) is 12.7 Å². The maximum absolute atomic E-state index is 13.1. The fraction of sp³-hybridized carbons (Fsp3) is 0.400. The Morgan fingerprint density at radius 1 is 1.04 bits per heavy atom. The zero-order valence-corrected chi connectivity index (χ0v) is 15.5. The number of carbonyl (C=O) groups is 3. The number of ketones is 1. The van der Waals surface area contributed by atoms with Gasteiger partial charge in [-0.2, -0.15) is 0 Å². The summed E-state index contributed by atoms with van der Waals surface area (Å²) in [6, 6.07) is 4.81. The summed E-state index contributed by atoms with van der Waals surface area (Å²) < 4.78 is 10.9. The number of amides is 3. The zero-order chi connectivity index (χ0) is 19.6. The molecule has 8 nitrogen and oxygen atoms in total. The van der Waals surface area contributed by atoms with Crippen molar-refractivity contribution >= 4 is 23.6 Å². The van der Waals surface area contributed by atoms with E-state index in [1.165, 1.54) is 0 Å². The monoisotopic (exact) mass is 381 g/mol. The molecular weight excluding hydrogens is 362 g/mol. The number of imide groups is 1. The highest BCUT2D eigenvalue weighted by Crippen LogP contribution is 2.49. The molecule has 0 spiro atoms. The number of nitrogens with zero attached hydrogens (tertiary/aromatic N) is 1. The van der Waals surface area contributed by atoms with Crippen LogP contribution in [-0.2, 0) is 9.59 Å². The number of aliphatic imine (C=N–C) groups is 1. The van der Waals surface area contributed by atoms with Crippen LogP contribution in [-0.4, -0.2) is 30.4 Å². The average Bonchev–Trinajstić information content (AvgIpc) is 3.06. The third kappa shape index (κ3) is 2.51. The smallest absolute Gasteiger partial charge is 0.326 e. The molecule has 2 atom stereocenters. The third-order valence-electron chi connectivity index (χ3n) is 5.61. The summed E-state index contributed by atoms with van der Waals surface area (Å²) in [5, 5.41) is 4.95. The number of hydrogen-bond acceptors (Lipinski definition) is 6. The maximum atomic E-state index is 13.1. The number of fused-ring (bicyclic) bond motifs is 2. The second kappa shape index (κ2) is 5.67. The van der Waals surface area contributed by atoms with Crippen molar-refractivity contribution < 1.29 is 23.9 Å². The summed E-state index contributed by atoms with van der Waals surface area (Å²) in [7, 11) is 0. The minimum absolute atomic E-state index is 0.0126. The summed E-state index contributed by atoms with van der Waals surface area (Å²) >= 11 is 0. The molecule has 0 bridgehead atoms. The molecule has 0 saturated carbocycles. The van der Waals surface area contributed by atoms with E-state index in [-0.39, 0.29) is 18.0 Å². The Morgan fingerprint density at radius 2 is 1.82 bits per heavy atom. The lowest BCUT2D eigenvalue weighted by Crippen LogP contribution is -2.59. The number of benzene rings is 1. The van der Waals surface area contributed by atoms with E-state index in [9.17, 15) is 14.4 Å². The van der Waals surface area contributed by atoms with Crippen LogP contribution in [0, 0.1) is 11.3 Å². The first-order valence-corrected chi connectivity index (χ1v) is 9.19. The number of carbonyl (C=O) groups excluding carboxylic acids is 3. The van der Waals surface area contributed by atoms with Gasteiger partial charge in [0.1, 0.15) is 11.8 Å². The molecule has 2 N–H and O–H groups in total. The second-order valence-corrected chi connectivity index (χ2v) is 8.31. The van der Waals surface area contributed by atoms with Crippen LogP contribution in [0.2, 0.25) is 0 Å². The molecule has 1 fully saturated rings. The van der Waals surface area contributed by atoms with E-state index in [0.717, 1.165) is 5.56 Å². The predicted molar refractivity (Wildman–Crippen MR) is 98.0 cm³/mol. The van der Waals surface area contributed by atoms with Gasteiger partial charge < -0.3 is 9.47 Å². The van der Waals surface area contributed by atoms with E-state index < -0.39 is 23.8 Å². The Bertz CT molecular complexity index is 1010. The molecule has 3 aliphatic heterocycles. The minimum Gasteiger partial charge on any atom is -0.454 e. The highest BCUT2D eigenvalue weighted by atomic mass is 16.7. The van der Waals surface area contributed by atoms with Crippen LogP contribution in [0.3, 0.4) is 0 Å². The number of ether oxygens (including phenoxy) is 2. The van der Waals surface area contributed by atoms with Crippen molar-refractivity contribution in [2.24, 2.45) is 16.3 Å². The number of allylic oxidation sites excluding steroid dienone is 2. The van der Waals surface area contributed by atoms with Gasteiger partial charge in [0.25, 0.3) is 0 Å². The standard InChI is InChI=1S/C20H19N3O5/c1-20(2)6-10-15(11(24)7-20)14(9-3-4-12-13(5-9)28-8-27-12)16-17(21-10)22-19(26)23-18(16)25/h3-5,14,16H,6-8H2,1-2H3,(H2,21,22,23,25,26). The largest absolute Gasteiger partial charge is 0.454 e. The molecule has 1 aromatic rings. The normalized spacial score (nSPS) is 27.5. The average molecular weight is 381 g/mol. The molecule has 4 aliphatic rings. The van der Waals surface area contributed by atoms with Crippen molar-refractivity contribution in [2.75, 3.05) is 6.79 Å². The van der Waals surface area contributed by atoms with Gasteiger partial charge >= 0.3 is 6.03 Å². The Hall–Kier alpha value is -3.16. The predicted octanol–water partition coefficient (Wildman–Crippen LogP) is 2.01. The van der Waals surface area contributed by atoms with Crippen LogP contribution in [0.1, 0.15) is 38.2 Å². The Morgan fingerprint density at radius 3 is 2.64 bits per heavy atom. The van der Waals surface area contributed by atoms with Crippen LogP contribution < -0.4 is 20.1 Å². The molecule has 2 unspecified atom stereocenters. The summed E-state index contributed by atoms with van der Waals surface area (Å²) in [4.78, 5) is 42.2. The third-order valence-corrected chi connectivity index (χ3v) is 5.61. The fourth-order valence-electron chi connectivity index (χ4n) is 4.48. The van der Waals surface area contributed by atoms with Gasteiger partial charge in [-0.05, 0) is 29.5 Å². The lowest BCUT2D eigenvalue weighted by molar-refractivity contribution is -0.123. The van der Waals surface area contributed by atoms with Crippen LogP contribution in [0.4, 0.5) is 4.79 Å². The molecule has 3 heterocycles. The highest BCUT2D eigenvalue weighted by Gasteiger charge is 2.49. The van der Waals surface area contributed by atoms with Crippen LogP contribution in [0.5, 0.6) is 11.5 Å². The summed E-state index contributed by atoms with van der Waals surface area (Å²) in [5.74, 6) is -0.299. The second-order valence-electron chi connectivity index (χ2n) is 8.31. The summed E-state index contributed by atoms with van der Waals surface area (Å²) in [6.45, 7) is 4.17. The van der Waals surface area contributed by atoms with Gasteiger partial charge in [-0.1, -0.05) is 19.9 Å². The fourth-order valence-corrected chi connectivity index (χ4v) is 4.48. The Balaban J connectivity index is 1.69. The van der Waals surface area contributed by atoms with E-state index in [1.54, 1.807) is 12.1 Å². The van der Waals surface area contributed by atoms with Crippen molar-refractivity contribution in [3.05, 3.63) is 35.0 Å². The number of urea groups is 1. The van der Waals surface area contributed by atoms with E-state index in [2.05, 4.69) is 15.6 Å². The molecule has 3 amide bonds. The molecule has 144 valence electrons. The number of nitrogens with one attached hydrogen (secondary N) is 2. The lowest BCUT2D eigenvalue weighted by atomic mass is 9.67. The molecular formula is C20H19N3O5.